The third-order valence-corrected chi connectivity index (χ3v) is 4.29. The van der Waals surface area contributed by atoms with Crippen molar-refractivity contribution in [1.29, 1.82) is 0 Å². The second kappa shape index (κ2) is 4.28. The third-order valence-electron chi connectivity index (χ3n) is 3.31. The summed E-state index contributed by atoms with van der Waals surface area (Å²) < 4.78 is 0. The molecule has 1 saturated heterocycles. The van der Waals surface area contributed by atoms with Gasteiger partial charge in [0, 0.05) is 6.54 Å². The molecule has 2 amide bonds. The van der Waals surface area contributed by atoms with Crippen molar-refractivity contribution in [3.05, 3.63) is 0 Å². The van der Waals surface area contributed by atoms with Crippen LogP contribution in [-0.2, 0) is 0 Å². The van der Waals surface area contributed by atoms with Crippen LogP contribution in [0.15, 0.2) is 4.99 Å². The van der Waals surface area contributed by atoms with Crippen molar-refractivity contribution < 1.29 is 4.79 Å². The van der Waals surface area contributed by atoms with Gasteiger partial charge in [-0.05, 0) is 30.3 Å². The van der Waals surface area contributed by atoms with Gasteiger partial charge in [-0.15, -0.1) is 0 Å². The molecule has 0 saturated carbocycles. The Morgan fingerprint density at radius 3 is 2.69 bits per heavy atom. The molecule has 0 aliphatic carbocycles. The minimum Gasteiger partial charge on any atom is -0.385 e. The Hall–Kier alpha value is -0.710. The van der Waals surface area contributed by atoms with Crippen LogP contribution in [0.1, 0.15) is 26.7 Å². The molecular weight excluding hydrogens is 222 g/mol. The third kappa shape index (κ3) is 1.81. The van der Waals surface area contributed by atoms with Crippen molar-refractivity contribution >= 4 is 23.6 Å². The summed E-state index contributed by atoms with van der Waals surface area (Å²) in [5.74, 6) is 3.13. The average molecular weight is 241 g/mol. The molecule has 0 atom stereocenters. The maximum Gasteiger partial charge on any atom is 0.346 e. The zero-order valence-electron chi connectivity index (χ0n) is 9.90. The van der Waals surface area contributed by atoms with Crippen LogP contribution < -0.4 is 5.73 Å². The van der Waals surface area contributed by atoms with E-state index >= 15 is 0 Å². The number of urea groups is 1. The van der Waals surface area contributed by atoms with Crippen molar-refractivity contribution in [2.45, 2.75) is 32.2 Å². The number of hydrogen-bond donors (Lipinski definition) is 1. The highest BCUT2D eigenvalue weighted by molar-refractivity contribution is 7.99. The summed E-state index contributed by atoms with van der Waals surface area (Å²) in [5, 5.41) is 0. The lowest BCUT2D eigenvalue weighted by Gasteiger charge is -2.41. The highest BCUT2D eigenvalue weighted by Gasteiger charge is 2.48. The fraction of sp³-hybridized carbons (Fsp3) is 0.818. The van der Waals surface area contributed by atoms with Gasteiger partial charge in [0.1, 0.15) is 11.4 Å². The van der Waals surface area contributed by atoms with E-state index in [9.17, 15) is 4.79 Å². The summed E-state index contributed by atoms with van der Waals surface area (Å²) in [6.07, 6.45) is 1.90. The van der Waals surface area contributed by atoms with Crippen LogP contribution >= 0.6 is 11.8 Å². The summed E-state index contributed by atoms with van der Waals surface area (Å²) in [7, 11) is 0. The van der Waals surface area contributed by atoms with Crippen LogP contribution in [0.25, 0.3) is 0 Å². The number of nitrogens with zero attached hydrogens (tertiary/aromatic N) is 2. The minimum atomic E-state index is -0.257. The molecule has 2 heterocycles. The fourth-order valence-corrected chi connectivity index (χ4v) is 3.61. The first-order valence-electron chi connectivity index (χ1n) is 5.80. The van der Waals surface area contributed by atoms with Gasteiger partial charge in [-0.2, -0.15) is 16.8 Å². The van der Waals surface area contributed by atoms with Gasteiger partial charge in [-0.25, -0.2) is 4.79 Å². The summed E-state index contributed by atoms with van der Waals surface area (Å²) in [6, 6.07) is -0.141. The number of thioether (sulfide) groups is 1. The molecule has 90 valence electrons. The van der Waals surface area contributed by atoms with Gasteiger partial charge in [0.05, 0.1) is 0 Å². The summed E-state index contributed by atoms with van der Waals surface area (Å²) in [6.45, 7) is 4.99. The number of amidine groups is 1. The number of amides is 2. The smallest absolute Gasteiger partial charge is 0.346 e. The van der Waals surface area contributed by atoms with E-state index in [-0.39, 0.29) is 11.6 Å². The highest BCUT2D eigenvalue weighted by atomic mass is 32.2. The molecule has 5 heteroatoms. The van der Waals surface area contributed by atoms with Crippen molar-refractivity contribution in [2.75, 3.05) is 18.1 Å². The van der Waals surface area contributed by atoms with E-state index in [2.05, 4.69) is 18.8 Å². The van der Waals surface area contributed by atoms with Crippen LogP contribution in [0, 0.1) is 5.92 Å². The molecule has 0 bridgehead atoms. The second-order valence-corrected chi connectivity index (χ2v) is 6.15. The molecule has 0 unspecified atom stereocenters. The Balaban J connectivity index is 2.24. The number of hydrogen-bond acceptors (Lipinski definition) is 3. The van der Waals surface area contributed by atoms with Crippen molar-refractivity contribution in [3.63, 3.8) is 0 Å². The molecular formula is C11H19N3OS. The van der Waals surface area contributed by atoms with Crippen LogP contribution in [0.4, 0.5) is 4.79 Å². The van der Waals surface area contributed by atoms with Crippen molar-refractivity contribution in [3.8, 4) is 0 Å². The van der Waals surface area contributed by atoms with E-state index in [1.54, 1.807) is 0 Å². The maximum atomic E-state index is 11.8. The standard InChI is InChI=1S/C11H19N3OS/c1-8(2)7-14-10(15)13-9(12)11(14)3-5-16-6-4-11/h8H,3-7H2,1-2H3,(H2,12,13,15). The molecule has 2 aliphatic rings. The Bertz CT molecular complexity index is 321. The van der Waals surface area contributed by atoms with E-state index in [0.717, 1.165) is 30.9 Å². The topological polar surface area (TPSA) is 58.7 Å². The molecule has 4 nitrogen and oxygen atoms in total. The quantitative estimate of drug-likeness (QED) is 0.800. The Morgan fingerprint density at radius 1 is 1.50 bits per heavy atom. The van der Waals surface area contributed by atoms with E-state index in [1.807, 2.05) is 16.7 Å². The Labute approximate surface area is 101 Å². The lowest BCUT2D eigenvalue weighted by atomic mass is 9.89. The van der Waals surface area contributed by atoms with Crippen LogP contribution in [0.2, 0.25) is 0 Å². The number of carbonyl (C=O) groups is 1. The Kier molecular flexibility index (Phi) is 3.15. The van der Waals surface area contributed by atoms with Gasteiger partial charge < -0.3 is 10.6 Å². The van der Waals surface area contributed by atoms with Gasteiger partial charge >= 0.3 is 6.03 Å². The summed E-state index contributed by atoms with van der Waals surface area (Å²) in [4.78, 5) is 17.7. The first-order valence-corrected chi connectivity index (χ1v) is 6.96. The zero-order valence-corrected chi connectivity index (χ0v) is 10.7. The SMILES string of the molecule is CC(C)CN1C(=O)N=C(N)C12CCSCC2. The minimum absolute atomic E-state index is 0.141. The van der Waals surface area contributed by atoms with Gasteiger partial charge in [-0.3, -0.25) is 0 Å². The summed E-state index contributed by atoms with van der Waals surface area (Å²) in [5.41, 5.74) is 5.72. The molecule has 0 radical (unpaired) electrons. The van der Waals surface area contributed by atoms with Gasteiger partial charge in [0.2, 0.25) is 0 Å². The fourth-order valence-electron chi connectivity index (χ4n) is 2.44. The van der Waals surface area contributed by atoms with E-state index in [1.165, 1.54) is 0 Å². The summed E-state index contributed by atoms with van der Waals surface area (Å²) >= 11 is 1.93. The van der Waals surface area contributed by atoms with E-state index in [0.29, 0.717) is 11.8 Å². The number of nitrogens with two attached hydrogens (primary N) is 1. The lowest BCUT2D eigenvalue weighted by Crippen LogP contribution is -2.57. The first-order chi connectivity index (χ1) is 7.56. The number of rotatable bonds is 2. The number of aliphatic imine (C=N–C) groups is 1. The van der Waals surface area contributed by atoms with E-state index in [4.69, 9.17) is 5.73 Å². The maximum absolute atomic E-state index is 11.8. The monoisotopic (exact) mass is 241 g/mol. The van der Waals surface area contributed by atoms with Crippen molar-refractivity contribution in [2.24, 2.45) is 16.6 Å². The molecule has 2 aliphatic heterocycles. The normalized spacial score (nSPS) is 24.3. The van der Waals surface area contributed by atoms with Crippen LogP contribution in [0.5, 0.6) is 0 Å². The largest absolute Gasteiger partial charge is 0.385 e. The molecule has 1 spiro atoms. The molecule has 2 rings (SSSR count). The molecule has 16 heavy (non-hydrogen) atoms. The second-order valence-electron chi connectivity index (χ2n) is 4.93. The Morgan fingerprint density at radius 2 is 2.12 bits per heavy atom. The molecule has 0 aromatic rings. The van der Waals surface area contributed by atoms with Crippen LogP contribution in [-0.4, -0.2) is 40.4 Å². The number of carbonyl (C=O) groups excluding carboxylic acids is 1. The van der Waals surface area contributed by atoms with E-state index < -0.39 is 0 Å². The predicted octanol–water partition coefficient (Wildman–Crippen LogP) is 1.70. The van der Waals surface area contributed by atoms with Gasteiger partial charge in [-0.1, -0.05) is 13.8 Å². The van der Waals surface area contributed by atoms with Crippen LogP contribution in [0.3, 0.4) is 0 Å². The van der Waals surface area contributed by atoms with Crippen molar-refractivity contribution in [1.82, 2.24) is 4.90 Å². The predicted molar refractivity (Wildman–Crippen MR) is 67.9 cm³/mol. The zero-order chi connectivity index (χ0) is 11.8. The molecule has 2 N–H and O–H groups in total. The molecule has 1 fully saturated rings. The highest BCUT2D eigenvalue weighted by Crippen LogP contribution is 2.36. The molecule has 0 aromatic carbocycles. The molecule has 0 aromatic heterocycles. The average Bonchev–Trinajstić information content (AvgIpc) is 2.44. The van der Waals surface area contributed by atoms with Gasteiger partial charge in [0.15, 0.2) is 0 Å². The lowest BCUT2D eigenvalue weighted by molar-refractivity contribution is 0.153. The first kappa shape index (κ1) is 11.8. The van der Waals surface area contributed by atoms with Gasteiger partial charge in [0.25, 0.3) is 0 Å².